The predicted octanol–water partition coefficient (Wildman–Crippen LogP) is 4.92. The Morgan fingerprint density at radius 2 is 0.867 bits per heavy atom. The third-order valence-corrected chi connectivity index (χ3v) is 3.30. The van der Waals surface area contributed by atoms with Crippen LogP contribution in [0.3, 0.4) is 0 Å². The maximum Gasteiger partial charge on any atom is 0.508 e. The van der Waals surface area contributed by atoms with Crippen LogP contribution < -0.4 is 0 Å². The molecule has 0 aliphatic carbocycles. The second kappa shape index (κ2) is 17.7. The van der Waals surface area contributed by atoms with Gasteiger partial charge in [0, 0.05) is 26.2 Å². The molecule has 0 aromatic heterocycles. The monoisotopic (exact) mass is 436 g/mol. The van der Waals surface area contributed by atoms with Crippen LogP contribution in [0, 0.1) is 0 Å². The van der Waals surface area contributed by atoms with Crippen LogP contribution in [0.25, 0.3) is 0 Å². The molecule has 30 heavy (non-hydrogen) atoms. The largest absolute Gasteiger partial charge is 0.508 e. The molecule has 0 saturated carbocycles. The number of rotatable bonds is 5. The third kappa shape index (κ3) is 20.5. The van der Waals surface area contributed by atoms with Crippen LogP contribution in [0.4, 0.5) is 14.4 Å². The van der Waals surface area contributed by atoms with Crippen LogP contribution in [-0.2, 0) is 18.9 Å². The van der Waals surface area contributed by atoms with Gasteiger partial charge in [-0.3, -0.25) is 0 Å². The zero-order valence-corrected chi connectivity index (χ0v) is 21.1. The molecule has 0 radical (unpaired) electrons. The van der Waals surface area contributed by atoms with Gasteiger partial charge in [0.15, 0.2) is 0 Å². The van der Waals surface area contributed by atoms with Crippen molar-refractivity contribution in [2.75, 3.05) is 21.2 Å². The first-order valence-electron chi connectivity index (χ1n) is 10.2. The summed E-state index contributed by atoms with van der Waals surface area (Å²) >= 11 is 0. The van der Waals surface area contributed by atoms with E-state index in [4.69, 9.17) is 14.2 Å². The van der Waals surface area contributed by atoms with E-state index in [1.54, 1.807) is 46.7 Å². The van der Waals surface area contributed by atoms with Gasteiger partial charge in [0.05, 0.1) is 25.4 Å². The quantitative estimate of drug-likeness (QED) is 0.446. The highest BCUT2D eigenvalue weighted by atomic mass is 16.7. The summed E-state index contributed by atoms with van der Waals surface area (Å²) < 4.78 is 18.8. The predicted molar refractivity (Wildman–Crippen MR) is 118 cm³/mol. The fraction of sp³-hybridized carbons (Fsp3) is 0.857. The van der Waals surface area contributed by atoms with E-state index in [0.717, 1.165) is 0 Å². The van der Waals surface area contributed by atoms with E-state index in [9.17, 15) is 14.4 Å². The minimum absolute atomic E-state index is 0.0382. The lowest BCUT2D eigenvalue weighted by Crippen LogP contribution is -2.34. The van der Waals surface area contributed by atoms with Gasteiger partial charge in [-0.15, -0.1) is 0 Å². The van der Waals surface area contributed by atoms with Gasteiger partial charge in [-0.1, -0.05) is 0 Å². The highest BCUT2D eigenvalue weighted by Crippen LogP contribution is 2.00. The molecule has 0 rings (SSSR count). The summed E-state index contributed by atoms with van der Waals surface area (Å²) in [5.74, 6) is 0. The molecule has 0 aromatic carbocycles. The number of amides is 2. The Kier molecular flexibility index (Phi) is 19.1. The summed E-state index contributed by atoms with van der Waals surface area (Å²) in [5, 5.41) is 0. The molecule has 2 amide bonds. The second-order valence-corrected chi connectivity index (χ2v) is 7.90. The van der Waals surface area contributed by atoms with Crippen molar-refractivity contribution in [2.24, 2.45) is 0 Å². The van der Waals surface area contributed by atoms with Gasteiger partial charge in [0.25, 0.3) is 0 Å². The van der Waals surface area contributed by atoms with Crippen LogP contribution in [0.1, 0.15) is 69.2 Å². The highest BCUT2D eigenvalue weighted by molar-refractivity contribution is 5.67. The van der Waals surface area contributed by atoms with Gasteiger partial charge in [0.2, 0.25) is 0 Å². The lowest BCUT2D eigenvalue weighted by Gasteiger charge is -2.21. The molecule has 0 heterocycles. The molecule has 0 aliphatic rings. The minimum atomic E-state index is -0.593. The maximum atomic E-state index is 11.1. The first kappa shape index (κ1) is 32.5. The van der Waals surface area contributed by atoms with Crippen molar-refractivity contribution in [3.63, 3.8) is 0 Å². The molecule has 0 bridgehead atoms. The molecule has 0 fully saturated rings. The molecule has 180 valence electrons. The summed E-state index contributed by atoms with van der Waals surface area (Å²) in [6.07, 6.45) is -1.38. The smallest absolute Gasteiger partial charge is 0.453 e. The Morgan fingerprint density at radius 1 is 0.567 bits per heavy atom. The van der Waals surface area contributed by atoms with Gasteiger partial charge in [-0.2, -0.15) is 0 Å². The number of ether oxygens (including phenoxy) is 4. The summed E-state index contributed by atoms with van der Waals surface area (Å²) in [7, 11) is 4.81. The SMILES string of the molecule is CC(C)OC(=O)N(C)C(C)C.CC(C)OC(=O)OC(C)C.COC(=O)N(C)C(C)C. The molecular formula is C21H44N2O7. The molecule has 9 nitrogen and oxygen atoms in total. The van der Waals surface area contributed by atoms with Crippen LogP contribution in [0.15, 0.2) is 0 Å². The van der Waals surface area contributed by atoms with Gasteiger partial charge >= 0.3 is 18.3 Å². The average Bonchev–Trinajstić information content (AvgIpc) is 2.58. The summed E-state index contributed by atoms with van der Waals surface area (Å²) in [5.41, 5.74) is 0. The molecule has 0 saturated heterocycles. The van der Waals surface area contributed by atoms with Gasteiger partial charge < -0.3 is 28.7 Å². The third-order valence-electron chi connectivity index (χ3n) is 3.30. The van der Waals surface area contributed by atoms with E-state index in [0.29, 0.717) is 0 Å². The zero-order chi connectivity index (χ0) is 24.6. The number of carbonyl (C=O) groups is 3. The van der Waals surface area contributed by atoms with Crippen LogP contribution in [-0.4, -0.2) is 79.7 Å². The van der Waals surface area contributed by atoms with Crippen LogP contribution >= 0.6 is 0 Å². The van der Waals surface area contributed by atoms with Crippen molar-refractivity contribution in [3.05, 3.63) is 0 Å². The normalized spacial score (nSPS) is 10.1. The molecule has 0 spiro atoms. The molecular weight excluding hydrogens is 392 g/mol. The number of carbonyl (C=O) groups excluding carboxylic acids is 3. The van der Waals surface area contributed by atoms with Crippen molar-refractivity contribution >= 4 is 18.3 Å². The standard InChI is InChI=1S/C8H17NO2.C7H14O3.C6H13NO2/c1-6(2)9(5)8(10)11-7(3)4;1-5(2)9-7(8)10-6(3)4;1-5(2)7(3)6(8)9-4/h6-7H,1-5H3;5-6H,1-4H3;5H,1-4H3. The lowest BCUT2D eigenvalue weighted by molar-refractivity contribution is 0.0167. The highest BCUT2D eigenvalue weighted by Gasteiger charge is 2.13. The molecule has 0 atom stereocenters. The summed E-state index contributed by atoms with van der Waals surface area (Å²) in [4.78, 5) is 35.5. The number of methoxy groups -OCH3 is 1. The second-order valence-electron chi connectivity index (χ2n) is 7.90. The molecule has 0 aromatic rings. The Bertz CT molecular complexity index is 466. The Hall–Kier alpha value is -2.19. The van der Waals surface area contributed by atoms with E-state index in [2.05, 4.69) is 4.74 Å². The van der Waals surface area contributed by atoms with E-state index in [-0.39, 0.29) is 42.6 Å². The summed E-state index contributed by atoms with van der Waals surface area (Å²) in [6.45, 7) is 18.5. The number of nitrogens with zero attached hydrogens (tertiary/aromatic N) is 2. The maximum absolute atomic E-state index is 11.1. The Labute approximate surface area is 183 Å². The fourth-order valence-corrected chi connectivity index (χ4v) is 1.26. The molecule has 0 aliphatic heterocycles. The topological polar surface area (TPSA) is 94.6 Å². The summed E-state index contributed by atoms with van der Waals surface area (Å²) in [6, 6.07) is 0.402. The first-order valence-corrected chi connectivity index (χ1v) is 10.2. The van der Waals surface area contributed by atoms with Gasteiger partial charge in [-0.05, 0) is 69.2 Å². The lowest BCUT2D eigenvalue weighted by atomic mass is 10.4. The number of hydrogen-bond donors (Lipinski definition) is 0. The van der Waals surface area contributed by atoms with Crippen molar-refractivity contribution < 1.29 is 33.3 Å². The zero-order valence-electron chi connectivity index (χ0n) is 21.1. The average molecular weight is 437 g/mol. The first-order chi connectivity index (χ1) is 13.6. The Morgan fingerprint density at radius 3 is 1.07 bits per heavy atom. The molecule has 0 N–H and O–H groups in total. The van der Waals surface area contributed by atoms with E-state index < -0.39 is 6.16 Å². The minimum Gasteiger partial charge on any atom is -0.453 e. The van der Waals surface area contributed by atoms with Gasteiger partial charge in [-0.25, -0.2) is 14.4 Å². The fourth-order valence-electron chi connectivity index (χ4n) is 1.26. The number of hydrogen-bond acceptors (Lipinski definition) is 7. The van der Waals surface area contributed by atoms with E-state index >= 15 is 0 Å². The molecule has 0 unspecified atom stereocenters. The van der Waals surface area contributed by atoms with Crippen molar-refractivity contribution in [3.8, 4) is 0 Å². The van der Waals surface area contributed by atoms with Crippen LogP contribution in [0.2, 0.25) is 0 Å². The van der Waals surface area contributed by atoms with Crippen molar-refractivity contribution in [2.45, 2.75) is 99.6 Å². The Balaban J connectivity index is -0.000000366. The van der Waals surface area contributed by atoms with Crippen molar-refractivity contribution in [1.29, 1.82) is 0 Å². The molecule has 9 heteroatoms. The van der Waals surface area contributed by atoms with E-state index in [1.807, 2.05) is 41.5 Å². The van der Waals surface area contributed by atoms with Gasteiger partial charge in [0.1, 0.15) is 0 Å². The van der Waals surface area contributed by atoms with E-state index in [1.165, 1.54) is 12.0 Å². The van der Waals surface area contributed by atoms with Crippen molar-refractivity contribution in [1.82, 2.24) is 9.80 Å². The van der Waals surface area contributed by atoms with Crippen LogP contribution in [0.5, 0.6) is 0 Å².